The molecule has 2 saturated heterocycles. The fourth-order valence-corrected chi connectivity index (χ4v) is 5.38. The van der Waals surface area contributed by atoms with E-state index in [2.05, 4.69) is 23.3 Å². The predicted octanol–water partition coefficient (Wildman–Crippen LogP) is 3.34. The first-order valence-electron chi connectivity index (χ1n) is 12.2. The van der Waals surface area contributed by atoms with E-state index >= 15 is 0 Å². The fourth-order valence-electron chi connectivity index (χ4n) is 4.63. The average molecular weight is 483 g/mol. The van der Waals surface area contributed by atoms with Crippen LogP contribution in [0.25, 0.3) is 0 Å². The Balaban J connectivity index is 1.24. The Hall–Kier alpha value is -2.71. The van der Waals surface area contributed by atoms with Crippen molar-refractivity contribution in [2.45, 2.75) is 32.1 Å². The van der Waals surface area contributed by atoms with Crippen molar-refractivity contribution < 1.29 is 14.4 Å². The molecular formula is C26H34N4O3S. The Kier molecular flexibility index (Phi) is 8.34. The van der Waals surface area contributed by atoms with Gasteiger partial charge in [0.25, 0.3) is 5.91 Å². The summed E-state index contributed by atoms with van der Waals surface area (Å²) in [7, 11) is 2.08. The fraction of sp³-hybridized carbons (Fsp3) is 0.500. The van der Waals surface area contributed by atoms with E-state index in [-0.39, 0.29) is 23.6 Å². The zero-order valence-electron chi connectivity index (χ0n) is 19.9. The van der Waals surface area contributed by atoms with E-state index in [1.165, 1.54) is 4.88 Å². The van der Waals surface area contributed by atoms with Crippen molar-refractivity contribution in [1.29, 1.82) is 0 Å². The first-order chi connectivity index (χ1) is 16.5. The Bertz CT molecular complexity index is 978. The number of thiophene rings is 1. The van der Waals surface area contributed by atoms with Gasteiger partial charge in [0, 0.05) is 67.7 Å². The van der Waals surface area contributed by atoms with Gasteiger partial charge in [0.2, 0.25) is 11.8 Å². The van der Waals surface area contributed by atoms with Gasteiger partial charge in [0.05, 0.1) is 0 Å². The molecule has 2 aromatic rings. The van der Waals surface area contributed by atoms with Crippen molar-refractivity contribution >= 4 is 34.7 Å². The number of carbonyl (C=O) groups excluding carboxylic acids is 3. The van der Waals surface area contributed by atoms with Crippen LogP contribution in [0.1, 0.15) is 40.9 Å². The number of likely N-dealkylation sites (tertiary alicyclic amines) is 1. The summed E-state index contributed by atoms with van der Waals surface area (Å²) in [6.45, 7) is 4.60. The second kappa shape index (κ2) is 11.6. The molecular weight excluding hydrogens is 448 g/mol. The highest BCUT2D eigenvalue weighted by Crippen LogP contribution is 2.23. The number of piperidine rings is 1. The number of rotatable bonds is 7. The van der Waals surface area contributed by atoms with Gasteiger partial charge < -0.3 is 20.0 Å². The molecule has 1 aromatic heterocycles. The summed E-state index contributed by atoms with van der Waals surface area (Å²) < 4.78 is 0. The lowest BCUT2D eigenvalue weighted by Gasteiger charge is -2.37. The van der Waals surface area contributed by atoms with Crippen LogP contribution in [-0.4, -0.2) is 78.7 Å². The second-order valence-electron chi connectivity index (χ2n) is 9.26. The SMILES string of the molecule is CN1CCN(C(=O)C2CCN(C(=O)c3cccc(NC(=O)CCCc4cccs4)c3)CC2)CC1. The number of aryl methyl sites for hydroxylation is 1. The van der Waals surface area contributed by atoms with Crippen LogP contribution in [-0.2, 0) is 16.0 Å². The first-order valence-corrected chi connectivity index (χ1v) is 13.1. The smallest absolute Gasteiger partial charge is 0.253 e. The third-order valence-electron chi connectivity index (χ3n) is 6.75. The summed E-state index contributed by atoms with van der Waals surface area (Å²) >= 11 is 1.71. The molecule has 1 N–H and O–H groups in total. The zero-order valence-corrected chi connectivity index (χ0v) is 20.7. The number of benzene rings is 1. The molecule has 2 aliphatic rings. The van der Waals surface area contributed by atoms with Gasteiger partial charge in [-0.1, -0.05) is 12.1 Å². The summed E-state index contributed by atoms with van der Waals surface area (Å²) in [5.74, 6) is 0.167. The van der Waals surface area contributed by atoms with Gasteiger partial charge in [-0.2, -0.15) is 0 Å². The molecule has 0 spiro atoms. The maximum absolute atomic E-state index is 13.1. The van der Waals surface area contributed by atoms with Crippen molar-refractivity contribution in [3.63, 3.8) is 0 Å². The number of amides is 3. The molecule has 2 aliphatic heterocycles. The molecule has 34 heavy (non-hydrogen) atoms. The number of hydrogen-bond acceptors (Lipinski definition) is 5. The largest absolute Gasteiger partial charge is 0.340 e. The van der Waals surface area contributed by atoms with E-state index in [1.807, 2.05) is 27.3 Å². The highest BCUT2D eigenvalue weighted by molar-refractivity contribution is 7.09. The Labute approximate surface area is 205 Å². The van der Waals surface area contributed by atoms with Gasteiger partial charge >= 0.3 is 0 Å². The highest BCUT2D eigenvalue weighted by atomic mass is 32.1. The van der Waals surface area contributed by atoms with Gasteiger partial charge in [-0.05, 0) is 62.4 Å². The number of nitrogens with one attached hydrogen (secondary N) is 1. The number of piperazine rings is 1. The van der Waals surface area contributed by atoms with Crippen LogP contribution in [0.15, 0.2) is 41.8 Å². The zero-order chi connectivity index (χ0) is 23.9. The summed E-state index contributed by atoms with van der Waals surface area (Å²) in [5.41, 5.74) is 1.22. The molecule has 1 aromatic carbocycles. The van der Waals surface area contributed by atoms with E-state index in [4.69, 9.17) is 0 Å². The molecule has 8 heteroatoms. The van der Waals surface area contributed by atoms with Gasteiger partial charge in [-0.15, -0.1) is 11.3 Å². The minimum absolute atomic E-state index is 0.00672. The van der Waals surface area contributed by atoms with Crippen LogP contribution >= 0.6 is 11.3 Å². The summed E-state index contributed by atoms with van der Waals surface area (Å²) in [4.78, 5) is 45.6. The maximum atomic E-state index is 13.1. The normalized spacial score (nSPS) is 17.6. The van der Waals surface area contributed by atoms with Crippen LogP contribution in [0.3, 0.4) is 0 Å². The molecule has 0 atom stereocenters. The quantitative estimate of drug-likeness (QED) is 0.657. The predicted molar refractivity (Wildman–Crippen MR) is 135 cm³/mol. The summed E-state index contributed by atoms with van der Waals surface area (Å²) in [6, 6.07) is 11.3. The average Bonchev–Trinajstić information content (AvgIpc) is 3.37. The molecule has 0 aliphatic carbocycles. The first kappa shape index (κ1) is 24.4. The van der Waals surface area contributed by atoms with Gasteiger partial charge in [-0.25, -0.2) is 0 Å². The molecule has 3 heterocycles. The van der Waals surface area contributed by atoms with Crippen LogP contribution in [0.2, 0.25) is 0 Å². The third kappa shape index (κ3) is 6.45. The summed E-state index contributed by atoms with van der Waals surface area (Å²) in [6.07, 6.45) is 3.56. The topological polar surface area (TPSA) is 73.0 Å². The van der Waals surface area contributed by atoms with Crippen molar-refractivity contribution in [1.82, 2.24) is 14.7 Å². The maximum Gasteiger partial charge on any atom is 0.253 e. The lowest BCUT2D eigenvalue weighted by molar-refractivity contribution is -0.138. The number of anilines is 1. The van der Waals surface area contributed by atoms with Gasteiger partial charge in [0.15, 0.2) is 0 Å². The molecule has 182 valence electrons. The van der Waals surface area contributed by atoms with E-state index in [0.717, 1.165) is 39.0 Å². The molecule has 0 unspecified atom stereocenters. The van der Waals surface area contributed by atoms with Crippen LogP contribution in [0, 0.1) is 5.92 Å². The van der Waals surface area contributed by atoms with Crippen molar-refractivity contribution in [2.24, 2.45) is 5.92 Å². The highest BCUT2D eigenvalue weighted by Gasteiger charge is 2.31. The minimum atomic E-state index is -0.0423. The molecule has 7 nitrogen and oxygen atoms in total. The lowest BCUT2D eigenvalue weighted by atomic mass is 9.94. The molecule has 2 fully saturated rings. The monoisotopic (exact) mass is 482 g/mol. The lowest BCUT2D eigenvalue weighted by Crippen LogP contribution is -2.51. The Morgan fingerprint density at radius 2 is 1.74 bits per heavy atom. The number of carbonyl (C=O) groups is 3. The number of hydrogen-bond donors (Lipinski definition) is 1. The molecule has 0 radical (unpaired) electrons. The minimum Gasteiger partial charge on any atom is -0.340 e. The molecule has 3 amide bonds. The van der Waals surface area contributed by atoms with Crippen molar-refractivity contribution in [3.05, 3.63) is 52.2 Å². The number of likely N-dealkylation sites (N-methyl/N-ethyl adjacent to an activating group) is 1. The van der Waals surface area contributed by atoms with E-state index in [9.17, 15) is 14.4 Å². The van der Waals surface area contributed by atoms with Gasteiger partial charge in [-0.3, -0.25) is 14.4 Å². The molecule has 4 rings (SSSR count). The molecule has 0 saturated carbocycles. The van der Waals surface area contributed by atoms with Crippen molar-refractivity contribution in [2.75, 3.05) is 51.6 Å². The van der Waals surface area contributed by atoms with Crippen LogP contribution in [0.5, 0.6) is 0 Å². The standard InChI is InChI=1S/C26H34N4O3S/c1-28-14-16-30(17-15-28)25(32)20-10-12-29(13-11-20)26(33)21-5-2-6-22(19-21)27-24(31)9-3-7-23-8-4-18-34-23/h2,4-6,8,18-20H,3,7,9-17H2,1H3,(H,27,31). The number of nitrogens with zero attached hydrogens (tertiary/aromatic N) is 3. The van der Waals surface area contributed by atoms with E-state index in [0.29, 0.717) is 43.6 Å². The second-order valence-corrected chi connectivity index (χ2v) is 10.3. The molecule has 0 bridgehead atoms. The van der Waals surface area contributed by atoms with E-state index in [1.54, 1.807) is 29.5 Å². The van der Waals surface area contributed by atoms with Gasteiger partial charge in [0.1, 0.15) is 0 Å². The third-order valence-corrected chi connectivity index (χ3v) is 7.68. The van der Waals surface area contributed by atoms with Crippen LogP contribution < -0.4 is 5.32 Å². The Morgan fingerprint density at radius 3 is 2.44 bits per heavy atom. The Morgan fingerprint density at radius 1 is 0.971 bits per heavy atom. The van der Waals surface area contributed by atoms with Crippen LogP contribution in [0.4, 0.5) is 5.69 Å². The summed E-state index contributed by atoms with van der Waals surface area (Å²) in [5, 5.41) is 4.97. The van der Waals surface area contributed by atoms with Crippen molar-refractivity contribution in [3.8, 4) is 0 Å². The van der Waals surface area contributed by atoms with E-state index < -0.39 is 0 Å².